The van der Waals surface area contributed by atoms with Crippen molar-refractivity contribution < 1.29 is 14.3 Å². The van der Waals surface area contributed by atoms with E-state index in [4.69, 9.17) is 4.74 Å². The van der Waals surface area contributed by atoms with E-state index in [2.05, 4.69) is 10.6 Å². The molecule has 0 aliphatic carbocycles. The topological polar surface area (TPSA) is 70.7 Å². The van der Waals surface area contributed by atoms with Crippen molar-refractivity contribution in [2.24, 2.45) is 0 Å². The van der Waals surface area contributed by atoms with Crippen LogP contribution in [0.25, 0.3) is 0 Å². The predicted octanol–water partition coefficient (Wildman–Crippen LogP) is -0.898. The van der Waals surface area contributed by atoms with Gasteiger partial charge in [0.1, 0.15) is 0 Å². The Labute approximate surface area is 107 Å². The molecule has 2 N–H and O–H groups in total. The monoisotopic (exact) mass is 255 g/mol. The quantitative estimate of drug-likeness (QED) is 0.686. The molecule has 2 atom stereocenters. The second-order valence-corrected chi connectivity index (χ2v) is 5.01. The van der Waals surface area contributed by atoms with Gasteiger partial charge < -0.3 is 20.3 Å². The average molecular weight is 255 g/mol. The second-order valence-electron chi connectivity index (χ2n) is 5.01. The van der Waals surface area contributed by atoms with Crippen LogP contribution in [0.15, 0.2) is 0 Å². The highest BCUT2D eigenvalue weighted by Crippen LogP contribution is 2.10. The molecule has 2 amide bonds. The minimum atomic E-state index is 0.0331. The Morgan fingerprint density at radius 3 is 3.11 bits per heavy atom. The van der Waals surface area contributed by atoms with Crippen LogP contribution in [0.1, 0.15) is 19.3 Å². The molecule has 0 spiro atoms. The van der Waals surface area contributed by atoms with E-state index in [1.807, 2.05) is 0 Å². The third-order valence-corrected chi connectivity index (χ3v) is 3.42. The highest BCUT2D eigenvalue weighted by Gasteiger charge is 2.25. The molecule has 0 aromatic rings. The first-order valence-corrected chi connectivity index (χ1v) is 6.49. The van der Waals surface area contributed by atoms with Crippen LogP contribution in [0.2, 0.25) is 0 Å². The number of nitrogens with one attached hydrogen (secondary N) is 2. The number of piperidine rings is 1. The van der Waals surface area contributed by atoms with E-state index in [0.29, 0.717) is 32.6 Å². The summed E-state index contributed by atoms with van der Waals surface area (Å²) in [6, 6.07) is 0.200. The SMILES string of the molecule is CN1CC(NC(=O)CC2COCCN2)CCC1=O. The van der Waals surface area contributed by atoms with Crippen molar-refractivity contribution in [3.05, 3.63) is 0 Å². The molecule has 2 heterocycles. The molecule has 0 saturated carbocycles. The van der Waals surface area contributed by atoms with Crippen LogP contribution in [0, 0.1) is 0 Å². The van der Waals surface area contributed by atoms with Crippen molar-refractivity contribution >= 4 is 11.8 Å². The zero-order valence-electron chi connectivity index (χ0n) is 10.8. The molecule has 0 radical (unpaired) electrons. The Balaban J connectivity index is 1.72. The van der Waals surface area contributed by atoms with Crippen LogP contribution in [-0.2, 0) is 14.3 Å². The highest BCUT2D eigenvalue weighted by atomic mass is 16.5. The van der Waals surface area contributed by atoms with Crippen LogP contribution >= 0.6 is 0 Å². The number of likely N-dealkylation sites (tertiary alicyclic amines) is 1. The van der Waals surface area contributed by atoms with Gasteiger partial charge in [-0.05, 0) is 6.42 Å². The molecule has 102 valence electrons. The fraction of sp³-hybridized carbons (Fsp3) is 0.833. The maximum atomic E-state index is 11.9. The van der Waals surface area contributed by atoms with E-state index in [1.165, 1.54) is 0 Å². The summed E-state index contributed by atoms with van der Waals surface area (Å²) in [5.41, 5.74) is 0. The smallest absolute Gasteiger partial charge is 0.222 e. The fourth-order valence-corrected chi connectivity index (χ4v) is 2.39. The van der Waals surface area contributed by atoms with Gasteiger partial charge in [-0.2, -0.15) is 0 Å². The standard InChI is InChI=1S/C12H21N3O3/c1-15-7-9(2-3-12(15)17)14-11(16)6-10-8-18-5-4-13-10/h9-10,13H,2-8H2,1H3,(H,14,16). The molecule has 2 rings (SSSR count). The molecule has 6 heteroatoms. The summed E-state index contributed by atoms with van der Waals surface area (Å²) in [6.07, 6.45) is 1.70. The third-order valence-electron chi connectivity index (χ3n) is 3.42. The third kappa shape index (κ3) is 3.68. The highest BCUT2D eigenvalue weighted by molar-refractivity contribution is 5.79. The van der Waals surface area contributed by atoms with E-state index < -0.39 is 0 Å². The number of hydrogen-bond acceptors (Lipinski definition) is 4. The summed E-state index contributed by atoms with van der Waals surface area (Å²) in [7, 11) is 1.77. The second kappa shape index (κ2) is 6.15. The zero-order valence-corrected chi connectivity index (χ0v) is 10.8. The lowest BCUT2D eigenvalue weighted by Gasteiger charge is -2.31. The minimum Gasteiger partial charge on any atom is -0.378 e. The molecule has 2 aliphatic heterocycles. The van der Waals surface area contributed by atoms with E-state index in [1.54, 1.807) is 11.9 Å². The van der Waals surface area contributed by atoms with Gasteiger partial charge in [-0.3, -0.25) is 9.59 Å². The molecule has 0 bridgehead atoms. The lowest BCUT2D eigenvalue weighted by Crippen LogP contribution is -2.50. The number of likely N-dealkylation sites (N-methyl/N-ethyl adjacent to an activating group) is 1. The molecular formula is C12H21N3O3. The largest absolute Gasteiger partial charge is 0.378 e. The number of carbonyl (C=O) groups is 2. The number of morpholine rings is 1. The number of rotatable bonds is 3. The molecule has 2 saturated heterocycles. The Hall–Kier alpha value is -1.14. The Morgan fingerprint density at radius 2 is 2.44 bits per heavy atom. The summed E-state index contributed by atoms with van der Waals surface area (Å²) >= 11 is 0. The number of ether oxygens (including phenoxy) is 1. The lowest BCUT2D eigenvalue weighted by atomic mass is 10.1. The summed E-state index contributed by atoms with van der Waals surface area (Å²) in [5, 5.41) is 6.24. The van der Waals surface area contributed by atoms with Crippen molar-refractivity contribution in [1.82, 2.24) is 15.5 Å². The van der Waals surface area contributed by atoms with Crippen molar-refractivity contribution in [2.45, 2.75) is 31.3 Å². The van der Waals surface area contributed by atoms with Gasteiger partial charge in [0.25, 0.3) is 0 Å². The van der Waals surface area contributed by atoms with Gasteiger partial charge >= 0.3 is 0 Å². The van der Waals surface area contributed by atoms with Crippen molar-refractivity contribution in [1.29, 1.82) is 0 Å². The van der Waals surface area contributed by atoms with Crippen LogP contribution in [0.5, 0.6) is 0 Å². The summed E-state index contributed by atoms with van der Waals surface area (Å²) in [6.45, 7) is 2.72. The van der Waals surface area contributed by atoms with Crippen LogP contribution in [-0.4, -0.2) is 62.1 Å². The van der Waals surface area contributed by atoms with Gasteiger partial charge in [0, 0.05) is 45.1 Å². The normalized spacial score (nSPS) is 29.2. The van der Waals surface area contributed by atoms with Crippen molar-refractivity contribution in [3.63, 3.8) is 0 Å². The number of carbonyl (C=O) groups excluding carboxylic acids is 2. The van der Waals surface area contributed by atoms with E-state index in [-0.39, 0.29) is 23.9 Å². The van der Waals surface area contributed by atoms with Gasteiger partial charge in [-0.15, -0.1) is 0 Å². The van der Waals surface area contributed by atoms with Crippen LogP contribution < -0.4 is 10.6 Å². The maximum Gasteiger partial charge on any atom is 0.222 e. The minimum absolute atomic E-state index is 0.0331. The van der Waals surface area contributed by atoms with Crippen molar-refractivity contribution in [3.8, 4) is 0 Å². The molecule has 2 unspecified atom stereocenters. The average Bonchev–Trinajstić information content (AvgIpc) is 2.35. The van der Waals surface area contributed by atoms with Crippen LogP contribution in [0.4, 0.5) is 0 Å². The Morgan fingerprint density at radius 1 is 1.61 bits per heavy atom. The lowest BCUT2D eigenvalue weighted by molar-refractivity contribution is -0.134. The van der Waals surface area contributed by atoms with Gasteiger partial charge in [-0.25, -0.2) is 0 Å². The summed E-state index contributed by atoms with van der Waals surface area (Å²) in [5.74, 6) is 0.189. The molecule has 2 aliphatic rings. The Kier molecular flexibility index (Phi) is 4.54. The first-order chi connectivity index (χ1) is 8.65. The number of amides is 2. The summed E-state index contributed by atoms with van der Waals surface area (Å²) < 4.78 is 5.31. The number of nitrogens with zero attached hydrogens (tertiary/aromatic N) is 1. The van der Waals surface area contributed by atoms with E-state index in [9.17, 15) is 9.59 Å². The molecule has 18 heavy (non-hydrogen) atoms. The molecular weight excluding hydrogens is 234 g/mol. The van der Waals surface area contributed by atoms with Gasteiger partial charge in [0.15, 0.2) is 0 Å². The molecule has 0 aromatic carbocycles. The van der Waals surface area contributed by atoms with Gasteiger partial charge in [0.2, 0.25) is 11.8 Å². The summed E-state index contributed by atoms with van der Waals surface area (Å²) in [4.78, 5) is 24.9. The van der Waals surface area contributed by atoms with Gasteiger partial charge in [0.05, 0.1) is 13.2 Å². The van der Waals surface area contributed by atoms with Gasteiger partial charge in [-0.1, -0.05) is 0 Å². The van der Waals surface area contributed by atoms with E-state index in [0.717, 1.165) is 13.0 Å². The van der Waals surface area contributed by atoms with Crippen molar-refractivity contribution in [2.75, 3.05) is 33.4 Å². The zero-order chi connectivity index (χ0) is 13.0. The van der Waals surface area contributed by atoms with Crippen LogP contribution in [0.3, 0.4) is 0 Å². The molecule has 6 nitrogen and oxygen atoms in total. The first kappa shape index (κ1) is 13.3. The predicted molar refractivity (Wildman–Crippen MR) is 66.0 cm³/mol. The van der Waals surface area contributed by atoms with E-state index >= 15 is 0 Å². The number of hydrogen-bond donors (Lipinski definition) is 2. The molecule has 0 aromatic heterocycles. The maximum absolute atomic E-state index is 11.9. The fourth-order valence-electron chi connectivity index (χ4n) is 2.39. The molecule has 2 fully saturated rings. The Bertz CT molecular complexity index is 316. The first-order valence-electron chi connectivity index (χ1n) is 6.49.